The number of carbonyl (C=O) groups is 2. The lowest BCUT2D eigenvalue weighted by molar-refractivity contribution is -0.161. The van der Waals surface area contributed by atoms with Gasteiger partial charge in [0.1, 0.15) is 5.70 Å². The topological polar surface area (TPSA) is 127 Å². The van der Waals surface area contributed by atoms with Gasteiger partial charge in [-0.1, -0.05) is 5.11 Å². The van der Waals surface area contributed by atoms with Crippen molar-refractivity contribution in [2.75, 3.05) is 0 Å². The van der Waals surface area contributed by atoms with E-state index in [0.717, 1.165) is 4.90 Å². The van der Waals surface area contributed by atoms with E-state index in [-0.39, 0.29) is 17.8 Å². The fourth-order valence-corrected chi connectivity index (χ4v) is 2.39. The molecule has 1 fully saturated rings. The van der Waals surface area contributed by atoms with Crippen LogP contribution in [0.3, 0.4) is 0 Å². The SMILES string of the molecule is C[C@@H](O)[C@H]1C(=O)N2C(C(=O)O)=C(N=[N+]=[N-])C[C@H]12. The molecule has 1 saturated heterocycles. The highest BCUT2D eigenvalue weighted by Gasteiger charge is 2.56. The first-order valence-electron chi connectivity index (χ1n) is 5.01. The lowest BCUT2D eigenvalue weighted by Gasteiger charge is -2.44. The van der Waals surface area contributed by atoms with E-state index in [0.29, 0.717) is 0 Å². The van der Waals surface area contributed by atoms with Crippen LogP contribution < -0.4 is 0 Å². The molecule has 17 heavy (non-hydrogen) atoms. The Bertz CT molecular complexity index is 477. The van der Waals surface area contributed by atoms with Crippen LogP contribution in [0.1, 0.15) is 13.3 Å². The third kappa shape index (κ3) is 1.46. The van der Waals surface area contributed by atoms with E-state index in [1.807, 2.05) is 0 Å². The summed E-state index contributed by atoms with van der Waals surface area (Å²) >= 11 is 0. The molecule has 0 saturated carbocycles. The highest BCUT2D eigenvalue weighted by Crippen LogP contribution is 2.43. The largest absolute Gasteiger partial charge is 0.477 e. The summed E-state index contributed by atoms with van der Waals surface area (Å²) in [6.07, 6.45) is -0.670. The summed E-state index contributed by atoms with van der Waals surface area (Å²) in [6.45, 7) is 1.48. The van der Waals surface area contributed by atoms with Crippen molar-refractivity contribution in [3.05, 3.63) is 21.8 Å². The highest BCUT2D eigenvalue weighted by molar-refractivity contribution is 5.99. The van der Waals surface area contributed by atoms with Crippen molar-refractivity contribution < 1.29 is 19.8 Å². The number of fused-ring (bicyclic) bond motifs is 1. The minimum absolute atomic E-state index is 0.0431. The smallest absolute Gasteiger partial charge is 0.352 e. The molecule has 0 aromatic heterocycles. The van der Waals surface area contributed by atoms with Crippen molar-refractivity contribution in [3.63, 3.8) is 0 Å². The van der Waals surface area contributed by atoms with Gasteiger partial charge in [0.05, 0.1) is 18.1 Å². The maximum absolute atomic E-state index is 11.7. The van der Waals surface area contributed by atoms with Gasteiger partial charge in [0.15, 0.2) is 0 Å². The molecule has 8 heteroatoms. The number of amides is 1. The molecule has 3 atom stereocenters. The average molecular weight is 238 g/mol. The number of carboxylic acids is 1. The van der Waals surface area contributed by atoms with E-state index < -0.39 is 29.9 Å². The van der Waals surface area contributed by atoms with Gasteiger partial charge in [-0.15, -0.1) is 0 Å². The standard InChI is InChI=1S/C9H10N4O4/c1-3(14)6-5-2-4(11-12-10)7(9(16)17)13(5)8(6)15/h3,5-6,14H,2H2,1H3,(H,16,17)/t3-,5-,6-/m1/s1. The Morgan fingerprint density at radius 2 is 2.35 bits per heavy atom. The third-order valence-corrected chi connectivity index (χ3v) is 3.07. The molecule has 0 aromatic rings. The van der Waals surface area contributed by atoms with E-state index in [1.165, 1.54) is 6.92 Å². The van der Waals surface area contributed by atoms with Crippen LogP contribution in [-0.4, -0.2) is 39.1 Å². The number of β-lactam (4-membered cyclic amide) rings is 1. The molecule has 8 nitrogen and oxygen atoms in total. The molecule has 0 unspecified atom stereocenters. The van der Waals surface area contributed by atoms with Crippen molar-refractivity contribution >= 4 is 11.9 Å². The predicted octanol–water partition coefficient (Wildman–Crippen LogP) is 0.204. The Balaban J connectivity index is 2.36. The number of carboxylic acid groups (broad SMARTS) is 1. The molecule has 0 radical (unpaired) electrons. The molecule has 0 bridgehead atoms. The Morgan fingerprint density at radius 1 is 1.71 bits per heavy atom. The zero-order chi connectivity index (χ0) is 12.7. The monoisotopic (exact) mass is 238 g/mol. The van der Waals surface area contributed by atoms with Crippen LogP contribution >= 0.6 is 0 Å². The number of rotatable bonds is 3. The van der Waals surface area contributed by atoms with Gasteiger partial charge < -0.3 is 15.1 Å². The van der Waals surface area contributed by atoms with Crippen LogP contribution in [0.5, 0.6) is 0 Å². The number of aliphatic hydroxyl groups is 1. The van der Waals surface area contributed by atoms with Crippen molar-refractivity contribution in [1.82, 2.24) is 4.90 Å². The van der Waals surface area contributed by atoms with Crippen molar-refractivity contribution in [2.45, 2.75) is 25.5 Å². The van der Waals surface area contributed by atoms with E-state index in [9.17, 15) is 14.7 Å². The van der Waals surface area contributed by atoms with Gasteiger partial charge in [-0.3, -0.25) is 4.79 Å². The first kappa shape index (κ1) is 11.4. The summed E-state index contributed by atoms with van der Waals surface area (Å²) in [6, 6.07) is -0.408. The number of carbonyl (C=O) groups excluding carboxylic acids is 1. The van der Waals surface area contributed by atoms with E-state index in [2.05, 4.69) is 10.0 Å². The van der Waals surface area contributed by atoms with Crippen molar-refractivity contribution in [2.24, 2.45) is 11.0 Å². The number of azide groups is 1. The van der Waals surface area contributed by atoms with Gasteiger partial charge in [-0.2, -0.15) is 0 Å². The number of aliphatic carboxylic acids is 1. The Hall–Kier alpha value is -2.05. The summed E-state index contributed by atoms with van der Waals surface area (Å²) in [5.41, 5.74) is 8.11. The first-order chi connectivity index (χ1) is 7.99. The van der Waals surface area contributed by atoms with Gasteiger partial charge in [0.25, 0.3) is 0 Å². The molecule has 2 N–H and O–H groups in total. The zero-order valence-corrected chi connectivity index (χ0v) is 8.94. The van der Waals surface area contributed by atoms with E-state index in [4.69, 9.17) is 10.6 Å². The third-order valence-electron chi connectivity index (χ3n) is 3.07. The van der Waals surface area contributed by atoms with Crippen LogP contribution in [0.4, 0.5) is 0 Å². The van der Waals surface area contributed by atoms with E-state index in [1.54, 1.807) is 0 Å². The fourth-order valence-electron chi connectivity index (χ4n) is 2.39. The fraction of sp³-hybridized carbons (Fsp3) is 0.556. The van der Waals surface area contributed by atoms with Gasteiger partial charge in [0, 0.05) is 10.6 Å². The summed E-state index contributed by atoms with van der Waals surface area (Å²) < 4.78 is 0. The molecular weight excluding hydrogens is 228 g/mol. The molecule has 90 valence electrons. The summed E-state index contributed by atoms with van der Waals surface area (Å²) in [5, 5.41) is 21.7. The summed E-state index contributed by atoms with van der Waals surface area (Å²) in [5.74, 6) is -2.35. The van der Waals surface area contributed by atoms with Crippen molar-refractivity contribution in [1.29, 1.82) is 0 Å². The molecule has 2 rings (SSSR count). The average Bonchev–Trinajstić information content (AvgIpc) is 2.53. The second kappa shape index (κ2) is 3.76. The number of hydrogen-bond donors (Lipinski definition) is 2. The molecule has 0 aliphatic carbocycles. The Labute approximate surface area is 95.8 Å². The molecular formula is C9H10N4O4. The molecule has 2 aliphatic heterocycles. The zero-order valence-electron chi connectivity index (χ0n) is 8.94. The van der Waals surface area contributed by atoms with Crippen molar-refractivity contribution in [3.8, 4) is 0 Å². The van der Waals surface area contributed by atoms with Crippen LogP contribution in [-0.2, 0) is 9.59 Å². The maximum atomic E-state index is 11.7. The normalized spacial score (nSPS) is 28.4. The summed E-state index contributed by atoms with van der Waals surface area (Å²) in [7, 11) is 0. The highest BCUT2D eigenvalue weighted by atomic mass is 16.4. The summed E-state index contributed by atoms with van der Waals surface area (Å²) in [4.78, 5) is 26.3. The lowest BCUT2D eigenvalue weighted by Crippen LogP contribution is -2.61. The van der Waals surface area contributed by atoms with Crippen LogP contribution in [0, 0.1) is 5.92 Å². The quantitative estimate of drug-likeness (QED) is 0.315. The van der Waals surface area contributed by atoms with Gasteiger partial charge >= 0.3 is 5.97 Å². The van der Waals surface area contributed by atoms with Gasteiger partial charge in [-0.25, -0.2) is 4.79 Å². The second-order valence-electron chi connectivity index (χ2n) is 4.04. The van der Waals surface area contributed by atoms with Crippen LogP contribution in [0.25, 0.3) is 10.4 Å². The maximum Gasteiger partial charge on any atom is 0.352 e. The van der Waals surface area contributed by atoms with Gasteiger partial charge in [0.2, 0.25) is 5.91 Å². The minimum Gasteiger partial charge on any atom is -0.477 e. The van der Waals surface area contributed by atoms with E-state index >= 15 is 0 Å². The Kier molecular flexibility index (Phi) is 2.53. The Morgan fingerprint density at radius 3 is 2.82 bits per heavy atom. The second-order valence-corrected chi connectivity index (χ2v) is 4.04. The van der Waals surface area contributed by atoms with Crippen LogP contribution in [0.2, 0.25) is 0 Å². The molecule has 2 heterocycles. The molecule has 0 spiro atoms. The lowest BCUT2D eigenvalue weighted by atomic mass is 9.83. The van der Waals surface area contributed by atoms with Crippen LogP contribution in [0.15, 0.2) is 16.5 Å². The molecule has 1 amide bonds. The number of aliphatic hydroxyl groups excluding tert-OH is 1. The first-order valence-corrected chi connectivity index (χ1v) is 5.01. The number of nitrogens with zero attached hydrogens (tertiary/aromatic N) is 4. The molecule has 2 aliphatic rings. The minimum atomic E-state index is -1.30. The van der Waals surface area contributed by atoms with Gasteiger partial charge in [-0.05, 0) is 18.9 Å². The number of hydrogen-bond acceptors (Lipinski definition) is 4. The predicted molar refractivity (Wildman–Crippen MR) is 54.2 cm³/mol. The molecule has 0 aromatic carbocycles.